The molecule has 0 bridgehead atoms. The molecule has 250 valence electrons. The molecule has 1 aromatic heterocycles. The van der Waals surface area contributed by atoms with Crippen LogP contribution in [-0.4, -0.2) is 43.0 Å². The largest absolute Gasteiger partial charge is 1.00 e. The molecule has 1 saturated heterocycles. The molecule has 0 radical (unpaired) electrons. The van der Waals surface area contributed by atoms with Gasteiger partial charge in [0.2, 0.25) is 5.52 Å². The molecule has 1 aliphatic heterocycles. The minimum atomic E-state index is -0.259. The number of carbonyl (C=O) groups excluding carboxylic acids is 1. The Hall–Kier alpha value is -1.31. The van der Waals surface area contributed by atoms with Gasteiger partial charge in [-0.25, -0.2) is 4.79 Å². The summed E-state index contributed by atoms with van der Waals surface area (Å²) in [5.41, 5.74) is 1.29. The molecule has 1 aliphatic rings. The Bertz CT molecular complexity index is 983. The zero-order valence-electron chi connectivity index (χ0n) is 27.6. The van der Waals surface area contributed by atoms with Crippen molar-refractivity contribution in [2.24, 2.45) is 0 Å². The molecule has 1 fully saturated rings. The number of benzene rings is 1. The highest BCUT2D eigenvalue weighted by Crippen LogP contribution is 2.36. The van der Waals surface area contributed by atoms with Crippen molar-refractivity contribution >= 4 is 28.8 Å². The fourth-order valence-corrected chi connectivity index (χ4v) is 7.16. The van der Waals surface area contributed by atoms with E-state index in [1.54, 1.807) is 0 Å². The van der Waals surface area contributed by atoms with Crippen LogP contribution >= 0.6 is 11.8 Å². The molecule has 1 N–H and O–H groups in total. The number of para-hydroxylation sites is 1. The monoisotopic (exact) mass is 692 g/mol. The van der Waals surface area contributed by atoms with E-state index in [4.69, 9.17) is 9.47 Å². The Morgan fingerprint density at radius 1 is 0.773 bits per heavy atom. The van der Waals surface area contributed by atoms with Crippen LogP contribution in [0.15, 0.2) is 42.6 Å². The van der Waals surface area contributed by atoms with E-state index in [-0.39, 0.29) is 23.1 Å². The Kier molecular flexibility index (Phi) is 22.8. The summed E-state index contributed by atoms with van der Waals surface area (Å²) in [7, 11) is 0. The summed E-state index contributed by atoms with van der Waals surface area (Å²) < 4.78 is 13.7. The van der Waals surface area contributed by atoms with Crippen molar-refractivity contribution in [3.05, 3.63) is 42.6 Å². The van der Waals surface area contributed by atoms with Crippen LogP contribution < -0.4 is 26.9 Å². The van der Waals surface area contributed by atoms with Crippen LogP contribution in [0.1, 0.15) is 129 Å². The number of nitrogens with one attached hydrogen (secondary N) is 1. The number of aryl methyl sites for hydroxylation is 1. The van der Waals surface area contributed by atoms with Crippen molar-refractivity contribution in [1.82, 2.24) is 5.32 Å². The van der Waals surface area contributed by atoms with Crippen LogP contribution in [0.3, 0.4) is 0 Å². The highest BCUT2D eigenvalue weighted by molar-refractivity contribution is 8.01. The number of fused-ring (bicyclic) bond motifs is 1. The van der Waals surface area contributed by atoms with Gasteiger partial charge in [0.25, 0.3) is 0 Å². The zero-order valence-corrected chi connectivity index (χ0v) is 30.0. The highest BCUT2D eigenvalue weighted by atomic mass is 79.9. The molecule has 3 rings (SSSR count). The molecule has 5 nitrogen and oxygen atoms in total. The van der Waals surface area contributed by atoms with Crippen LogP contribution in [0.25, 0.3) is 10.9 Å². The predicted octanol–water partition coefficient (Wildman–Crippen LogP) is 6.79. The van der Waals surface area contributed by atoms with Gasteiger partial charge in [-0.2, -0.15) is 4.57 Å². The number of halogens is 1. The number of alkyl carbamates (subject to hydrolysis) is 1. The quantitative estimate of drug-likeness (QED) is 0.0872. The van der Waals surface area contributed by atoms with Gasteiger partial charge in [0.15, 0.2) is 6.20 Å². The number of aromatic nitrogens is 1. The van der Waals surface area contributed by atoms with Crippen molar-refractivity contribution in [3.63, 3.8) is 0 Å². The minimum Gasteiger partial charge on any atom is -1.00 e. The number of amides is 1. The average Bonchev–Trinajstić information content (AvgIpc) is 3.00. The third-order valence-electron chi connectivity index (χ3n) is 8.64. The van der Waals surface area contributed by atoms with Gasteiger partial charge >= 0.3 is 6.09 Å². The van der Waals surface area contributed by atoms with Gasteiger partial charge in [0.1, 0.15) is 13.2 Å². The Balaban J connectivity index is 0.00000675. The minimum absolute atomic E-state index is 0. The van der Waals surface area contributed by atoms with E-state index in [0.717, 1.165) is 52.0 Å². The number of nitrogens with zero attached hydrogens (tertiary/aromatic N) is 1. The second-order valence-corrected chi connectivity index (χ2v) is 14.1. The molecule has 0 aliphatic carbocycles. The lowest BCUT2D eigenvalue weighted by atomic mass is 10.0. The Labute approximate surface area is 283 Å². The maximum atomic E-state index is 12.0. The van der Waals surface area contributed by atoms with Gasteiger partial charge < -0.3 is 31.8 Å². The Morgan fingerprint density at radius 2 is 1.34 bits per heavy atom. The highest BCUT2D eigenvalue weighted by Gasteiger charge is 2.31. The van der Waals surface area contributed by atoms with Crippen molar-refractivity contribution in [1.29, 1.82) is 0 Å². The first kappa shape index (κ1) is 38.9. The molecule has 1 aromatic carbocycles. The average molecular weight is 694 g/mol. The van der Waals surface area contributed by atoms with E-state index < -0.39 is 0 Å². The SMILES string of the molecule is CCCCCCCCCCCCCCCCCCNC(=O)OC[C@H]1C[C@H](COCCCC[n+]2cccc3ccccc32)S1.[Br-]. The molecule has 0 spiro atoms. The number of unbranched alkanes of at least 4 members (excludes halogenated alkanes) is 16. The van der Waals surface area contributed by atoms with Crippen molar-refractivity contribution in [2.75, 3.05) is 26.4 Å². The van der Waals surface area contributed by atoms with Crippen LogP contribution in [-0.2, 0) is 16.0 Å². The van der Waals surface area contributed by atoms with E-state index >= 15 is 0 Å². The molecule has 2 heterocycles. The van der Waals surface area contributed by atoms with E-state index in [0.29, 0.717) is 17.1 Å². The standard InChI is InChI=1S/C37H60N2O3S.BrH/c1-2-3-4-5-6-7-8-9-10-11-12-13-14-15-16-19-26-38-37(40)42-32-35-30-34(43-35)31-41-29-21-20-27-39-28-22-24-33-23-17-18-25-36(33)39;/h17-18,22-25,28,34-35H,2-16,19-21,26-27,29-32H2,1H3;1H/t34-,35-;/m1./s1. The molecule has 2 atom stereocenters. The molecular formula is C37H61BrN2O3S. The number of hydrogen-bond acceptors (Lipinski definition) is 4. The topological polar surface area (TPSA) is 51.4 Å². The Morgan fingerprint density at radius 3 is 2.00 bits per heavy atom. The summed E-state index contributed by atoms with van der Waals surface area (Å²) in [4.78, 5) is 12.0. The van der Waals surface area contributed by atoms with Crippen LogP contribution in [0.2, 0.25) is 0 Å². The fourth-order valence-electron chi connectivity index (χ4n) is 5.97. The van der Waals surface area contributed by atoms with E-state index in [1.807, 2.05) is 11.8 Å². The number of ether oxygens (including phenoxy) is 2. The fraction of sp³-hybridized carbons (Fsp3) is 0.730. The molecule has 7 heteroatoms. The summed E-state index contributed by atoms with van der Waals surface area (Å²) in [6, 6.07) is 12.8. The van der Waals surface area contributed by atoms with Crippen molar-refractivity contribution in [2.45, 2.75) is 146 Å². The molecule has 2 aromatic rings. The third kappa shape index (κ3) is 17.4. The van der Waals surface area contributed by atoms with Crippen molar-refractivity contribution in [3.8, 4) is 0 Å². The summed E-state index contributed by atoms with van der Waals surface area (Å²) in [6.07, 6.45) is 27.0. The summed E-state index contributed by atoms with van der Waals surface area (Å²) >= 11 is 1.89. The van der Waals surface area contributed by atoms with E-state index in [1.165, 1.54) is 107 Å². The maximum Gasteiger partial charge on any atom is 0.407 e. The van der Waals surface area contributed by atoms with Gasteiger partial charge in [-0.05, 0) is 31.4 Å². The number of pyridine rings is 1. The second kappa shape index (κ2) is 25.8. The van der Waals surface area contributed by atoms with Crippen LogP contribution in [0, 0.1) is 0 Å². The second-order valence-electron chi connectivity index (χ2n) is 12.5. The molecule has 0 saturated carbocycles. The first-order valence-electron chi connectivity index (χ1n) is 17.8. The number of rotatable bonds is 26. The maximum absolute atomic E-state index is 12.0. The van der Waals surface area contributed by atoms with E-state index in [2.05, 4.69) is 59.4 Å². The van der Waals surface area contributed by atoms with Gasteiger partial charge in [-0.15, -0.1) is 11.8 Å². The lowest BCUT2D eigenvalue weighted by Gasteiger charge is -2.34. The third-order valence-corrected chi connectivity index (χ3v) is 10.1. The number of carbonyl (C=O) groups is 1. The summed E-state index contributed by atoms with van der Waals surface area (Å²) in [5.74, 6) is 0. The molecule has 44 heavy (non-hydrogen) atoms. The van der Waals surface area contributed by atoms with E-state index in [9.17, 15) is 4.79 Å². The van der Waals surface area contributed by atoms with Gasteiger partial charge in [-0.3, -0.25) is 0 Å². The first-order valence-corrected chi connectivity index (χ1v) is 18.7. The smallest absolute Gasteiger partial charge is 0.407 e. The number of hydrogen-bond donors (Lipinski definition) is 1. The van der Waals surface area contributed by atoms with Crippen molar-refractivity contribution < 1.29 is 35.8 Å². The van der Waals surface area contributed by atoms with Gasteiger partial charge in [-0.1, -0.05) is 115 Å². The molecular weight excluding hydrogens is 632 g/mol. The van der Waals surface area contributed by atoms with Gasteiger partial charge in [0.05, 0.1) is 6.61 Å². The lowest BCUT2D eigenvalue weighted by Crippen LogP contribution is -3.00. The lowest BCUT2D eigenvalue weighted by molar-refractivity contribution is -0.671. The van der Waals surface area contributed by atoms with Crippen LogP contribution in [0.5, 0.6) is 0 Å². The van der Waals surface area contributed by atoms with Crippen LogP contribution in [0.4, 0.5) is 4.79 Å². The normalized spacial score (nSPS) is 15.9. The predicted molar refractivity (Wildman–Crippen MR) is 183 cm³/mol. The summed E-state index contributed by atoms with van der Waals surface area (Å²) in [6.45, 7) is 6.15. The van der Waals surface area contributed by atoms with Gasteiger partial charge in [0, 0.05) is 47.6 Å². The molecule has 0 unspecified atom stereocenters. The number of thioether (sulfide) groups is 1. The summed E-state index contributed by atoms with van der Waals surface area (Å²) in [5, 5.41) is 5.16. The first-order chi connectivity index (χ1) is 21.3. The molecule has 1 amide bonds. The zero-order chi connectivity index (χ0) is 30.2.